The molecule has 2 bridgehead atoms. The van der Waals surface area contributed by atoms with Gasteiger partial charge in [-0.15, -0.1) is 0 Å². The Hall–Kier alpha value is -0.710. The van der Waals surface area contributed by atoms with Gasteiger partial charge in [0.05, 0.1) is 6.61 Å². The minimum atomic E-state index is 0.741. The molecule has 0 radical (unpaired) electrons. The molecule has 1 atom stereocenters. The normalized spacial score (nSPS) is 32.4. The molecule has 0 N–H and O–H groups in total. The molecule has 4 heterocycles. The summed E-state index contributed by atoms with van der Waals surface area (Å²) in [5.74, 6) is 1.92. The summed E-state index contributed by atoms with van der Waals surface area (Å²) < 4.78 is 8.24. The number of benzene rings is 1. The molecule has 4 heteroatoms. The lowest BCUT2D eigenvalue weighted by atomic mass is 9.84. The van der Waals surface area contributed by atoms with Gasteiger partial charge in [0.25, 0.3) is 0 Å². The summed E-state index contributed by atoms with van der Waals surface area (Å²) in [6.07, 6.45) is 2.78. The van der Waals surface area contributed by atoms with Crippen LogP contribution in [0, 0.1) is 5.92 Å². The lowest BCUT2D eigenvalue weighted by Gasteiger charge is -2.47. The monoisotopic (exact) mass is 290 g/mol. The molecule has 0 spiro atoms. The molecular weight excluding hydrogens is 268 g/mol. The smallest absolute Gasteiger partial charge is 0.120 e. The van der Waals surface area contributed by atoms with Gasteiger partial charge in [-0.05, 0) is 68.4 Å². The van der Waals surface area contributed by atoms with Crippen LogP contribution in [0.5, 0.6) is 5.75 Å². The number of hydrogen-bond donors (Lipinski definition) is 0. The molecule has 1 aromatic rings. The maximum absolute atomic E-state index is 5.62. The summed E-state index contributed by atoms with van der Waals surface area (Å²) in [7, 11) is 0. The van der Waals surface area contributed by atoms with Crippen molar-refractivity contribution in [2.75, 3.05) is 26.2 Å². The summed E-state index contributed by atoms with van der Waals surface area (Å²) in [5.41, 5.74) is 1.47. The topological polar surface area (TPSA) is 15.7 Å². The standard InChI is InChI=1S/C16H22N2OS/c1-2-19-14-4-3-13-10-18(20-16(13)9-14)15-11-17-7-5-12(15)6-8-17/h3-4,9,12,15H,2,5-8,10-11H2,1H3/t15-/m0/s1. The Balaban J connectivity index is 1.50. The van der Waals surface area contributed by atoms with Crippen LogP contribution in [-0.2, 0) is 6.54 Å². The van der Waals surface area contributed by atoms with Crippen LogP contribution in [-0.4, -0.2) is 41.5 Å². The molecule has 5 rings (SSSR count). The fraction of sp³-hybridized carbons (Fsp3) is 0.625. The van der Waals surface area contributed by atoms with Crippen molar-refractivity contribution in [3.05, 3.63) is 23.8 Å². The third-order valence-corrected chi connectivity index (χ3v) is 6.09. The predicted molar refractivity (Wildman–Crippen MR) is 82.0 cm³/mol. The van der Waals surface area contributed by atoms with Gasteiger partial charge in [0.15, 0.2) is 0 Å². The molecule has 1 aromatic carbocycles. The van der Waals surface area contributed by atoms with Gasteiger partial charge in [0.1, 0.15) is 5.75 Å². The van der Waals surface area contributed by atoms with E-state index in [0.717, 1.165) is 30.9 Å². The molecular formula is C16H22N2OS. The van der Waals surface area contributed by atoms with Crippen molar-refractivity contribution in [2.45, 2.75) is 37.2 Å². The first-order valence-corrected chi connectivity index (χ1v) is 8.53. The highest BCUT2D eigenvalue weighted by molar-refractivity contribution is 7.97. The molecule has 0 unspecified atom stereocenters. The van der Waals surface area contributed by atoms with E-state index < -0.39 is 0 Å². The molecule has 4 aliphatic rings. The molecule has 0 aromatic heterocycles. The van der Waals surface area contributed by atoms with E-state index in [4.69, 9.17) is 4.74 Å². The van der Waals surface area contributed by atoms with Crippen LogP contribution in [0.3, 0.4) is 0 Å². The van der Waals surface area contributed by atoms with Crippen LogP contribution in [0.2, 0.25) is 0 Å². The predicted octanol–water partition coefficient (Wildman–Crippen LogP) is 3.00. The first-order chi connectivity index (χ1) is 9.83. The molecule has 0 aliphatic carbocycles. The lowest BCUT2D eigenvalue weighted by Crippen LogP contribution is -2.54. The Labute approximate surface area is 125 Å². The van der Waals surface area contributed by atoms with Crippen LogP contribution in [0.25, 0.3) is 0 Å². The Morgan fingerprint density at radius 2 is 2.15 bits per heavy atom. The van der Waals surface area contributed by atoms with Gasteiger partial charge in [-0.3, -0.25) is 0 Å². The van der Waals surface area contributed by atoms with E-state index in [2.05, 4.69) is 27.4 Å². The van der Waals surface area contributed by atoms with Crippen LogP contribution >= 0.6 is 11.9 Å². The third kappa shape index (κ3) is 2.24. The van der Waals surface area contributed by atoms with Crippen molar-refractivity contribution in [3.63, 3.8) is 0 Å². The first kappa shape index (κ1) is 13.0. The Bertz CT molecular complexity index is 499. The van der Waals surface area contributed by atoms with Crippen molar-refractivity contribution in [3.8, 4) is 5.75 Å². The molecule has 0 amide bonds. The molecule has 20 heavy (non-hydrogen) atoms. The van der Waals surface area contributed by atoms with Crippen molar-refractivity contribution in [1.29, 1.82) is 0 Å². The van der Waals surface area contributed by atoms with Gasteiger partial charge in [0, 0.05) is 24.0 Å². The van der Waals surface area contributed by atoms with Crippen LogP contribution < -0.4 is 4.74 Å². The second-order valence-corrected chi connectivity index (χ2v) is 7.17. The van der Waals surface area contributed by atoms with Crippen LogP contribution in [0.4, 0.5) is 0 Å². The van der Waals surface area contributed by atoms with E-state index in [1.165, 1.54) is 42.9 Å². The molecule has 4 aliphatic heterocycles. The zero-order valence-electron chi connectivity index (χ0n) is 12.0. The van der Waals surface area contributed by atoms with E-state index in [-0.39, 0.29) is 0 Å². The first-order valence-electron chi connectivity index (χ1n) is 7.76. The largest absolute Gasteiger partial charge is 0.494 e. The van der Waals surface area contributed by atoms with Gasteiger partial charge in [-0.2, -0.15) is 0 Å². The highest BCUT2D eigenvalue weighted by Gasteiger charge is 2.39. The minimum absolute atomic E-state index is 0.741. The van der Waals surface area contributed by atoms with Crippen molar-refractivity contribution < 1.29 is 4.74 Å². The Morgan fingerprint density at radius 1 is 1.30 bits per heavy atom. The summed E-state index contributed by atoms with van der Waals surface area (Å²) >= 11 is 1.95. The summed E-state index contributed by atoms with van der Waals surface area (Å²) in [6.45, 7) is 7.79. The zero-order valence-corrected chi connectivity index (χ0v) is 12.9. The average molecular weight is 290 g/mol. The molecule has 3 nitrogen and oxygen atoms in total. The highest BCUT2D eigenvalue weighted by atomic mass is 32.2. The average Bonchev–Trinajstić information content (AvgIpc) is 2.92. The molecule has 108 valence electrons. The zero-order chi connectivity index (χ0) is 13.5. The minimum Gasteiger partial charge on any atom is -0.494 e. The van der Waals surface area contributed by atoms with E-state index in [9.17, 15) is 0 Å². The SMILES string of the molecule is CCOc1ccc2c(c1)SN([C@H]1CN3CCC1CC3)C2. The molecule has 3 saturated heterocycles. The van der Waals surface area contributed by atoms with Crippen LogP contribution in [0.15, 0.2) is 23.1 Å². The Kier molecular flexibility index (Phi) is 3.41. The molecule has 0 saturated carbocycles. The van der Waals surface area contributed by atoms with Crippen molar-refractivity contribution in [1.82, 2.24) is 9.21 Å². The van der Waals surface area contributed by atoms with Gasteiger partial charge in [-0.25, -0.2) is 4.31 Å². The fourth-order valence-electron chi connectivity index (χ4n) is 3.78. The summed E-state index contributed by atoms with van der Waals surface area (Å²) in [4.78, 5) is 4.03. The number of hydrogen-bond acceptors (Lipinski definition) is 4. The van der Waals surface area contributed by atoms with Gasteiger partial charge < -0.3 is 9.64 Å². The second-order valence-electron chi connectivity index (χ2n) is 6.07. The van der Waals surface area contributed by atoms with E-state index >= 15 is 0 Å². The highest BCUT2D eigenvalue weighted by Crippen LogP contribution is 2.43. The summed E-state index contributed by atoms with van der Waals surface area (Å²) in [5, 5.41) is 0. The van der Waals surface area contributed by atoms with Gasteiger partial charge >= 0.3 is 0 Å². The maximum Gasteiger partial charge on any atom is 0.120 e. The van der Waals surface area contributed by atoms with Gasteiger partial charge in [0.2, 0.25) is 0 Å². The third-order valence-electron chi connectivity index (χ3n) is 4.88. The number of rotatable bonds is 3. The number of fused-ring (bicyclic) bond motifs is 4. The lowest BCUT2D eigenvalue weighted by molar-refractivity contribution is 0.0420. The Morgan fingerprint density at radius 3 is 2.85 bits per heavy atom. The van der Waals surface area contributed by atoms with E-state index in [0.29, 0.717) is 0 Å². The quantitative estimate of drug-likeness (QED) is 0.795. The summed E-state index contributed by atoms with van der Waals surface area (Å²) in [6, 6.07) is 7.31. The number of ether oxygens (including phenoxy) is 1. The number of piperidine rings is 3. The number of nitrogens with zero attached hydrogens (tertiary/aromatic N) is 2. The molecule has 3 fully saturated rings. The van der Waals surface area contributed by atoms with Crippen molar-refractivity contribution >= 4 is 11.9 Å². The van der Waals surface area contributed by atoms with Gasteiger partial charge in [-0.1, -0.05) is 6.07 Å². The van der Waals surface area contributed by atoms with E-state index in [1.807, 2.05) is 18.9 Å². The maximum atomic E-state index is 5.62. The van der Waals surface area contributed by atoms with Crippen molar-refractivity contribution in [2.24, 2.45) is 5.92 Å². The van der Waals surface area contributed by atoms with Crippen LogP contribution in [0.1, 0.15) is 25.3 Å². The fourth-order valence-corrected chi connectivity index (χ4v) is 5.03. The van der Waals surface area contributed by atoms with E-state index in [1.54, 1.807) is 0 Å². The second kappa shape index (κ2) is 5.24.